The lowest BCUT2D eigenvalue weighted by atomic mass is 9.84. The number of benzene rings is 1. The zero-order valence-corrected chi connectivity index (χ0v) is 13.5. The number of nitrogens with two attached hydrogens (primary N) is 1. The summed E-state index contributed by atoms with van der Waals surface area (Å²) in [5.41, 5.74) is 5.68. The Balaban J connectivity index is 2.91. The second kappa shape index (κ2) is 6.74. The standard InChI is InChI=1S/C14H20BrN3O2/c1-4-14(2,12(16)17-20)13(19)18(3)9-10-6-5-7-11(15)8-10/h5-8,20H,4,9H2,1-3H3,(H2,16,17). The van der Waals surface area contributed by atoms with Crippen molar-refractivity contribution in [1.82, 2.24) is 4.90 Å². The van der Waals surface area contributed by atoms with Gasteiger partial charge in [0.05, 0.1) is 0 Å². The Kier molecular flexibility index (Phi) is 5.56. The van der Waals surface area contributed by atoms with Crippen molar-refractivity contribution < 1.29 is 10.0 Å². The first kappa shape index (κ1) is 16.5. The molecule has 0 fully saturated rings. The van der Waals surface area contributed by atoms with Gasteiger partial charge in [-0.25, -0.2) is 0 Å². The average Bonchev–Trinajstić information content (AvgIpc) is 2.44. The number of halogens is 1. The third kappa shape index (κ3) is 3.50. The van der Waals surface area contributed by atoms with Crippen LogP contribution in [0.3, 0.4) is 0 Å². The molecule has 0 saturated carbocycles. The molecule has 0 bridgehead atoms. The lowest BCUT2D eigenvalue weighted by Gasteiger charge is -2.30. The predicted molar refractivity (Wildman–Crippen MR) is 82.4 cm³/mol. The Morgan fingerprint density at radius 2 is 2.20 bits per heavy atom. The number of nitrogens with zero attached hydrogens (tertiary/aromatic N) is 2. The molecule has 0 spiro atoms. The van der Waals surface area contributed by atoms with E-state index < -0.39 is 5.41 Å². The Morgan fingerprint density at radius 3 is 2.70 bits per heavy atom. The maximum atomic E-state index is 12.5. The number of rotatable bonds is 5. The zero-order chi connectivity index (χ0) is 15.3. The van der Waals surface area contributed by atoms with E-state index in [2.05, 4.69) is 21.1 Å². The van der Waals surface area contributed by atoms with Crippen molar-refractivity contribution in [3.8, 4) is 0 Å². The number of amides is 1. The van der Waals surface area contributed by atoms with E-state index in [1.54, 1.807) is 18.9 Å². The Hall–Kier alpha value is -1.56. The fraction of sp³-hybridized carbons (Fsp3) is 0.429. The molecular formula is C14H20BrN3O2. The Bertz CT molecular complexity index is 519. The normalized spacial score (nSPS) is 14.7. The van der Waals surface area contributed by atoms with Crippen LogP contribution in [0.15, 0.2) is 33.9 Å². The van der Waals surface area contributed by atoms with Crippen molar-refractivity contribution in [2.45, 2.75) is 26.8 Å². The minimum atomic E-state index is -0.991. The molecule has 0 saturated heterocycles. The first-order valence-corrected chi connectivity index (χ1v) is 7.12. The summed E-state index contributed by atoms with van der Waals surface area (Å²) in [5.74, 6) is -0.235. The third-order valence-electron chi connectivity index (χ3n) is 3.51. The van der Waals surface area contributed by atoms with Gasteiger partial charge in [0.1, 0.15) is 5.41 Å². The summed E-state index contributed by atoms with van der Waals surface area (Å²) in [4.78, 5) is 14.1. The van der Waals surface area contributed by atoms with Crippen molar-refractivity contribution in [3.05, 3.63) is 34.3 Å². The maximum Gasteiger partial charge on any atom is 0.236 e. The number of amidine groups is 1. The molecule has 110 valence electrons. The van der Waals surface area contributed by atoms with Gasteiger partial charge in [-0.15, -0.1) is 0 Å². The van der Waals surface area contributed by atoms with E-state index >= 15 is 0 Å². The summed E-state index contributed by atoms with van der Waals surface area (Å²) in [6.45, 7) is 3.98. The molecule has 0 aromatic heterocycles. The molecule has 1 aromatic rings. The van der Waals surface area contributed by atoms with Gasteiger partial charge in [-0.05, 0) is 31.0 Å². The van der Waals surface area contributed by atoms with Gasteiger partial charge in [-0.3, -0.25) is 4.79 Å². The molecule has 1 atom stereocenters. The van der Waals surface area contributed by atoms with E-state index in [0.29, 0.717) is 13.0 Å². The minimum absolute atomic E-state index is 0.0638. The van der Waals surface area contributed by atoms with Crippen LogP contribution in [0.25, 0.3) is 0 Å². The van der Waals surface area contributed by atoms with Crippen LogP contribution >= 0.6 is 15.9 Å². The highest BCUT2D eigenvalue weighted by atomic mass is 79.9. The number of hydrogen-bond donors (Lipinski definition) is 2. The van der Waals surface area contributed by atoms with E-state index in [1.165, 1.54) is 0 Å². The minimum Gasteiger partial charge on any atom is -0.409 e. The fourth-order valence-corrected chi connectivity index (χ4v) is 2.40. The van der Waals surface area contributed by atoms with Crippen LogP contribution in [-0.4, -0.2) is 28.9 Å². The molecule has 5 nitrogen and oxygen atoms in total. The summed E-state index contributed by atoms with van der Waals surface area (Å²) in [7, 11) is 1.71. The summed E-state index contributed by atoms with van der Waals surface area (Å²) < 4.78 is 0.963. The highest BCUT2D eigenvalue weighted by Crippen LogP contribution is 2.25. The van der Waals surface area contributed by atoms with Crippen LogP contribution in [-0.2, 0) is 11.3 Å². The SMILES string of the molecule is CCC(C)(C(=O)N(C)Cc1cccc(Br)c1)/C(N)=N/O. The van der Waals surface area contributed by atoms with Crippen molar-refractivity contribution in [3.63, 3.8) is 0 Å². The van der Waals surface area contributed by atoms with Crippen LogP contribution in [0.5, 0.6) is 0 Å². The lowest BCUT2D eigenvalue weighted by molar-refractivity contribution is -0.137. The highest BCUT2D eigenvalue weighted by Gasteiger charge is 2.38. The quantitative estimate of drug-likeness (QED) is 0.374. The van der Waals surface area contributed by atoms with Gasteiger partial charge in [0.15, 0.2) is 5.84 Å². The van der Waals surface area contributed by atoms with Crippen molar-refractivity contribution in [2.75, 3.05) is 7.05 Å². The smallest absolute Gasteiger partial charge is 0.236 e. The van der Waals surface area contributed by atoms with E-state index in [1.807, 2.05) is 31.2 Å². The van der Waals surface area contributed by atoms with Gasteiger partial charge in [0.25, 0.3) is 0 Å². The summed E-state index contributed by atoms with van der Waals surface area (Å²) in [5, 5.41) is 11.8. The molecular weight excluding hydrogens is 322 g/mol. The van der Waals surface area contributed by atoms with Gasteiger partial charge < -0.3 is 15.8 Å². The second-order valence-electron chi connectivity index (χ2n) is 4.96. The molecule has 0 heterocycles. The van der Waals surface area contributed by atoms with Crippen molar-refractivity contribution in [2.24, 2.45) is 16.3 Å². The summed E-state index contributed by atoms with van der Waals surface area (Å²) in [6.07, 6.45) is 0.463. The molecule has 3 N–H and O–H groups in total. The topological polar surface area (TPSA) is 78.9 Å². The van der Waals surface area contributed by atoms with E-state index in [-0.39, 0.29) is 11.7 Å². The maximum absolute atomic E-state index is 12.5. The molecule has 1 rings (SSSR count). The molecule has 0 aliphatic heterocycles. The second-order valence-corrected chi connectivity index (χ2v) is 5.88. The molecule has 6 heteroatoms. The largest absolute Gasteiger partial charge is 0.409 e. The molecule has 1 amide bonds. The lowest BCUT2D eigenvalue weighted by Crippen LogP contribution is -2.47. The van der Waals surface area contributed by atoms with Gasteiger partial charge in [0, 0.05) is 18.1 Å². The van der Waals surface area contributed by atoms with Gasteiger partial charge in [-0.2, -0.15) is 0 Å². The van der Waals surface area contributed by atoms with Crippen LogP contribution in [0.2, 0.25) is 0 Å². The highest BCUT2D eigenvalue weighted by molar-refractivity contribution is 9.10. The molecule has 20 heavy (non-hydrogen) atoms. The number of carbonyl (C=O) groups is 1. The Labute approximate surface area is 127 Å². The van der Waals surface area contributed by atoms with Crippen LogP contribution in [0.4, 0.5) is 0 Å². The first-order chi connectivity index (χ1) is 9.35. The van der Waals surface area contributed by atoms with Gasteiger partial charge in [0.2, 0.25) is 5.91 Å². The van der Waals surface area contributed by atoms with Crippen LogP contribution < -0.4 is 5.73 Å². The summed E-state index contributed by atoms with van der Waals surface area (Å²) >= 11 is 3.40. The fourth-order valence-electron chi connectivity index (χ4n) is 1.95. The van der Waals surface area contributed by atoms with E-state index in [4.69, 9.17) is 10.9 Å². The molecule has 1 aromatic carbocycles. The Morgan fingerprint density at radius 1 is 1.55 bits per heavy atom. The van der Waals surface area contributed by atoms with Crippen LogP contribution in [0.1, 0.15) is 25.8 Å². The number of carbonyl (C=O) groups excluding carboxylic acids is 1. The van der Waals surface area contributed by atoms with Crippen LogP contribution in [0, 0.1) is 5.41 Å². The molecule has 0 aliphatic carbocycles. The van der Waals surface area contributed by atoms with Gasteiger partial charge in [-0.1, -0.05) is 40.1 Å². The van der Waals surface area contributed by atoms with Crippen molar-refractivity contribution in [1.29, 1.82) is 0 Å². The molecule has 1 unspecified atom stereocenters. The molecule has 0 radical (unpaired) electrons. The third-order valence-corrected chi connectivity index (χ3v) is 4.00. The van der Waals surface area contributed by atoms with E-state index in [0.717, 1.165) is 10.0 Å². The van der Waals surface area contributed by atoms with E-state index in [9.17, 15) is 4.79 Å². The molecule has 0 aliphatic rings. The predicted octanol–water partition coefficient (Wildman–Crippen LogP) is 2.57. The number of oxime groups is 1. The average molecular weight is 342 g/mol. The van der Waals surface area contributed by atoms with Crippen molar-refractivity contribution >= 4 is 27.7 Å². The monoisotopic (exact) mass is 341 g/mol. The zero-order valence-electron chi connectivity index (χ0n) is 11.9. The summed E-state index contributed by atoms with van der Waals surface area (Å²) in [6, 6.07) is 7.75. The number of hydrogen-bond acceptors (Lipinski definition) is 3. The van der Waals surface area contributed by atoms with Gasteiger partial charge >= 0.3 is 0 Å². The first-order valence-electron chi connectivity index (χ1n) is 6.33.